The molecule has 2 N–H and O–H groups in total. The Morgan fingerprint density at radius 2 is 1.94 bits per heavy atom. The minimum atomic E-state index is 0.383. The van der Waals surface area contributed by atoms with Crippen LogP contribution in [0.4, 0.5) is 0 Å². The molecule has 2 heteroatoms. The third kappa shape index (κ3) is 2.88. The Balaban J connectivity index is 2.17. The van der Waals surface area contributed by atoms with Gasteiger partial charge in [-0.1, -0.05) is 37.3 Å². The molecule has 94 valence electrons. The van der Waals surface area contributed by atoms with E-state index in [9.17, 15) is 0 Å². The highest BCUT2D eigenvalue weighted by Crippen LogP contribution is 2.29. The zero-order valence-corrected chi connectivity index (χ0v) is 11.0. The van der Waals surface area contributed by atoms with Crippen LogP contribution < -0.4 is 5.73 Å². The monoisotopic (exact) mass is 232 g/mol. The number of rotatable bonds is 3. The Labute approximate surface area is 105 Å². The number of piperidine rings is 1. The lowest BCUT2D eigenvalue weighted by Gasteiger charge is -2.42. The molecular weight excluding hydrogens is 208 g/mol. The Kier molecular flexibility index (Phi) is 4.19. The van der Waals surface area contributed by atoms with Gasteiger partial charge in [-0.2, -0.15) is 0 Å². The summed E-state index contributed by atoms with van der Waals surface area (Å²) in [7, 11) is 0. The van der Waals surface area contributed by atoms with Gasteiger partial charge in [0.05, 0.1) is 0 Å². The van der Waals surface area contributed by atoms with Crippen molar-refractivity contribution in [2.75, 3.05) is 13.1 Å². The van der Waals surface area contributed by atoms with Gasteiger partial charge in [0, 0.05) is 25.2 Å². The Hall–Kier alpha value is -0.860. The van der Waals surface area contributed by atoms with Gasteiger partial charge >= 0.3 is 0 Å². The molecule has 2 rings (SSSR count). The summed E-state index contributed by atoms with van der Waals surface area (Å²) in [5.74, 6) is 0.795. The van der Waals surface area contributed by atoms with Gasteiger partial charge in [0.25, 0.3) is 0 Å². The lowest BCUT2D eigenvalue weighted by atomic mass is 9.91. The summed E-state index contributed by atoms with van der Waals surface area (Å²) in [6.07, 6.45) is 2.65. The van der Waals surface area contributed by atoms with Crippen molar-refractivity contribution in [1.82, 2.24) is 4.90 Å². The van der Waals surface area contributed by atoms with Crippen molar-refractivity contribution in [1.29, 1.82) is 0 Å². The molecule has 1 heterocycles. The minimum absolute atomic E-state index is 0.383. The molecule has 0 bridgehead atoms. The zero-order chi connectivity index (χ0) is 12.3. The van der Waals surface area contributed by atoms with E-state index in [2.05, 4.69) is 49.1 Å². The fourth-order valence-corrected chi connectivity index (χ4v) is 2.90. The summed E-state index contributed by atoms with van der Waals surface area (Å²) in [6, 6.07) is 11.7. The highest BCUT2D eigenvalue weighted by Gasteiger charge is 2.28. The molecular formula is C15H24N2. The van der Waals surface area contributed by atoms with Crippen molar-refractivity contribution in [2.24, 2.45) is 11.7 Å². The van der Waals surface area contributed by atoms with E-state index in [1.165, 1.54) is 24.9 Å². The van der Waals surface area contributed by atoms with Gasteiger partial charge in [0.15, 0.2) is 0 Å². The average molecular weight is 232 g/mol. The maximum Gasteiger partial charge on any atom is 0.0473 e. The van der Waals surface area contributed by atoms with Gasteiger partial charge in [-0.25, -0.2) is 0 Å². The molecule has 0 radical (unpaired) electrons. The second-order valence-electron chi connectivity index (χ2n) is 5.39. The van der Waals surface area contributed by atoms with Crippen molar-refractivity contribution < 1.29 is 0 Å². The quantitative estimate of drug-likeness (QED) is 0.868. The Morgan fingerprint density at radius 1 is 1.24 bits per heavy atom. The molecule has 3 unspecified atom stereocenters. The topological polar surface area (TPSA) is 29.3 Å². The summed E-state index contributed by atoms with van der Waals surface area (Å²) < 4.78 is 0. The first-order valence-electron chi connectivity index (χ1n) is 6.73. The smallest absolute Gasteiger partial charge is 0.0473 e. The van der Waals surface area contributed by atoms with Gasteiger partial charge in [0.1, 0.15) is 0 Å². The van der Waals surface area contributed by atoms with Crippen LogP contribution in [-0.2, 0) is 0 Å². The second-order valence-corrected chi connectivity index (χ2v) is 5.39. The van der Waals surface area contributed by atoms with E-state index in [1.807, 2.05) is 0 Å². The minimum Gasteiger partial charge on any atom is -0.329 e. The lowest BCUT2D eigenvalue weighted by Crippen LogP contribution is -2.45. The molecule has 0 spiro atoms. The molecule has 1 aromatic carbocycles. The lowest BCUT2D eigenvalue weighted by molar-refractivity contribution is 0.0798. The number of hydrogen-bond donors (Lipinski definition) is 1. The predicted molar refractivity (Wildman–Crippen MR) is 72.8 cm³/mol. The van der Waals surface area contributed by atoms with Crippen LogP contribution in [0.2, 0.25) is 0 Å². The van der Waals surface area contributed by atoms with Crippen molar-refractivity contribution in [3.63, 3.8) is 0 Å². The zero-order valence-electron chi connectivity index (χ0n) is 11.0. The summed E-state index contributed by atoms with van der Waals surface area (Å²) >= 11 is 0. The Morgan fingerprint density at radius 3 is 2.59 bits per heavy atom. The molecule has 0 aromatic heterocycles. The first-order valence-corrected chi connectivity index (χ1v) is 6.73. The van der Waals surface area contributed by atoms with Gasteiger partial charge < -0.3 is 5.73 Å². The molecule has 1 aliphatic rings. The van der Waals surface area contributed by atoms with Crippen LogP contribution in [0, 0.1) is 5.92 Å². The number of likely N-dealkylation sites (tertiary alicyclic amines) is 1. The van der Waals surface area contributed by atoms with E-state index in [4.69, 9.17) is 5.73 Å². The summed E-state index contributed by atoms with van der Waals surface area (Å²) in [6.45, 7) is 6.56. The van der Waals surface area contributed by atoms with Crippen LogP contribution in [0.1, 0.15) is 38.3 Å². The number of benzene rings is 1. The Bertz CT molecular complexity index is 336. The van der Waals surface area contributed by atoms with E-state index in [-0.39, 0.29) is 0 Å². The van der Waals surface area contributed by atoms with Crippen molar-refractivity contribution in [3.05, 3.63) is 35.9 Å². The van der Waals surface area contributed by atoms with Crippen molar-refractivity contribution in [2.45, 2.75) is 38.8 Å². The maximum absolute atomic E-state index is 6.00. The average Bonchev–Trinajstić information content (AvgIpc) is 2.36. The highest BCUT2D eigenvalue weighted by molar-refractivity contribution is 5.19. The molecule has 1 aliphatic heterocycles. The molecule has 0 amide bonds. The van der Waals surface area contributed by atoms with Crippen molar-refractivity contribution in [3.8, 4) is 0 Å². The van der Waals surface area contributed by atoms with E-state index in [0.29, 0.717) is 18.6 Å². The summed E-state index contributed by atoms with van der Waals surface area (Å²) in [5.41, 5.74) is 7.36. The molecule has 0 saturated carbocycles. The number of hydrogen-bond acceptors (Lipinski definition) is 2. The van der Waals surface area contributed by atoms with Crippen molar-refractivity contribution >= 4 is 0 Å². The van der Waals surface area contributed by atoms with Gasteiger partial charge in [-0.05, 0) is 31.2 Å². The predicted octanol–water partition coefficient (Wildman–Crippen LogP) is 2.81. The van der Waals surface area contributed by atoms with Crippen LogP contribution in [0.5, 0.6) is 0 Å². The molecule has 1 aromatic rings. The van der Waals surface area contributed by atoms with Gasteiger partial charge in [-0.15, -0.1) is 0 Å². The molecule has 17 heavy (non-hydrogen) atoms. The summed E-state index contributed by atoms with van der Waals surface area (Å²) in [4.78, 5) is 2.59. The van der Waals surface area contributed by atoms with E-state index in [0.717, 1.165) is 5.92 Å². The molecule has 0 aliphatic carbocycles. The highest BCUT2D eigenvalue weighted by atomic mass is 15.2. The first-order chi connectivity index (χ1) is 8.22. The van der Waals surface area contributed by atoms with E-state index in [1.54, 1.807) is 0 Å². The van der Waals surface area contributed by atoms with Crippen LogP contribution in [0.25, 0.3) is 0 Å². The fraction of sp³-hybridized carbons (Fsp3) is 0.600. The molecule has 1 fully saturated rings. The third-order valence-electron chi connectivity index (χ3n) is 3.97. The fourth-order valence-electron chi connectivity index (χ4n) is 2.90. The van der Waals surface area contributed by atoms with E-state index < -0.39 is 0 Å². The third-order valence-corrected chi connectivity index (χ3v) is 3.97. The standard InChI is InChI=1S/C15H24N2/c1-12-8-9-13(2)17(11-12)15(10-16)14-6-4-3-5-7-14/h3-7,12-13,15H,8-11,16H2,1-2H3. The van der Waals surface area contributed by atoms with Crippen LogP contribution >= 0.6 is 0 Å². The molecule has 1 saturated heterocycles. The second kappa shape index (κ2) is 5.65. The van der Waals surface area contributed by atoms with Gasteiger partial charge in [-0.3, -0.25) is 4.90 Å². The maximum atomic E-state index is 6.00. The first kappa shape index (κ1) is 12.6. The SMILES string of the molecule is CC1CCC(C)N(C(CN)c2ccccc2)C1. The van der Waals surface area contributed by atoms with Crippen LogP contribution in [-0.4, -0.2) is 24.0 Å². The largest absolute Gasteiger partial charge is 0.329 e. The van der Waals surface area contributed by atoms with Crippen LogP contribution in [0.3, 0.4) is 0 Å². The molecule has 3 atom stereocenters. The van der Waals surface area contributed by atoms with Gasteiger partial charge in [0.2, 0.25) is 0 Å². The summed E-state index contributed by atoms with van der Waals surface area (Å²) in [5, 5.41) is 0. The number of nitrogens with two attached hydrogens (primary N) is 1. The van der Waals surface area contributed by atoms with E-state index >= 15 is 0 Å². The normalized spacial score (nSPS) is 27.9. The number of nitrogens with zero attached hydrogens (tertiary/aromatic N) is 1. The van der Waals surface area contributed by atoms with Crippen LogP contribution in [0.15, 0.2) is 30.3 Å². The molecule has 2 nitrogen and oxygen atoms in total.